The zero-order chi connectivity index (χ0) is 13.0. The van der Waals surface area contributed by atoms with Gasteiger partial charge in [-0.1, -0.05) is 18.2 Å². The van der Waals surface area contributed by atoms with Gasteiger partial charge in [-0.2, -0.15) is 0 Å². The number of benzene rings is 1. The van der Waals surface area contributed by atoms with E-state index in [-0.39, 0.29) is 6.04 Å². The lowest BCUT2D eigenvalue weighted by Crippen LogP contribution is -2.23. The number of imidazole rings is 1. The monoisotopic (exact) mass is 245 g/mol. The topological polar surface area (TPSA) is 50.1 Å². The molecule has 0 spiro atoms. The molecule has 0 fully saturated rings. The summed E-state index contributed by atoms with van der Waals surface area (Å²) in [5, 5.41) is 13.1. The Bertz CT molecular complexity index is 507. The lowest BCUT2D eigenvalue weighted by molar-refractivity contribution is 0.464. The first-order valence-electron chi connectivity index (χ1n) is 6.16. The van der Waals surface area contributed by atoms with Gasteiger partial charge in [0.1, 0.15) is 11.6 Å². The molecule has 0 aliphatic carbocycles. The summed E-state index contributed by atoms with van der Waals surface area (Å²) in [4.78, 5) is 4.31. The van der Waals surface area contributed by atoms with Gasteiger partial charge in [0, 0.05) is 19.4 Å². The average molecular weight is 245 g/mol. The number of phenols is 1. The molecule has 2 N–H and O–H groups in total. The molecule has 1 aromatic heterocycles. The molecular weight excluding hydrogens is 226 g/mol. The highest BCUT2D eigenvalue weighted by Gasteiger charge is 2.09. The molecule has 0 saturated carbocycles. The Hall–Kier alpha value is -1.81. The minimum atomic E-state index is 0.204. The molecule has 18 heavy (non-hydrogen) atoms. The maximum Gasteiger partial charge on any atom is 0.125 e. The van der Waals surface area contributed by atoms with Crippen LogP contribution < -0.4 is 5.32 Å². The number of phenolic OH excluding ortho intramolecular Hbond substituents is 1. The number of aromatic hydroxyl groups is 1. The van der Waals surface area contributed by atoms with Gasteiger partial charge in [-0.15, -0.1) is 0 Å². The van der Waals surface area contributed by atoms with Gasteiger partial charge in [0.2, 0.25) is 0 Å². The van der Waals surface area contributed by atoms with Crippen LogP contribution >= 0.6 is 0 Å². The van der Waals surface area contributed by atoms with Crippen LogP contribution in [-0.4, -0.2) is 21.2 Å². The summed E-state index contributed by atoms with van der Waals surface area (Å²) >= 11 is 0. The lowest BCUT2D eigenvalue weighted by Gasteiger charge is -2.13. The first-order valence-corrected chi connectivity index (χ1v) is 6.16. The van der Waals surface area contributed by atoms with E-state index < -0.39 is 0 Å². The first-order chi connectivity index (χ1) is 8.68. The van der Waals surface area contributed by atoms with Crippen molar-refractivity contribution in [2.45, 2.75) is 19.4 Å². The molecule has 0 unspecified atom stereocenters. The van der Waals surface area contributed by atoms with Crippen LogP contribution in [0.4, 0.5) is 0 Å². The number of nitrogens with zero attached hydrogens (tertiary/aromatic N) is 2. The van der Waals surface area contributed by atoms with Gasteiger partial charge in [-0.3, -0.25) is 0 Å². The third-order valence-corrected chi connectivity index (χ3v) is 3.08. The first kappa shape index (κ1) is 12.6. The Morgan fingerprint density at radius 2 is 2.17 bits per heavy atom. The van der Waals surface area contributed by atoms with E-state index in [1.807, 2.05) is 36.0 Å². The Kier molecular flexibility index (Phi) is 3.99. The Balaban J connectivity index is 1.86. The highest BCUT2D eigenvalue weighted by molar-refractivity contribution is 5.31. The molecule has 4 heteroatoms. The zero-order valence-electron chi connectivity index (χ0n) is 10.8. The molecule has 1 heterocycles. The van der Waals surface area contributed by atoms with Crippen LogP contribution in [0.2, 0.25) is 0 Å². The van der Waals surface area contributed by atoms with Crippen LogP contribution in [0.25, 0.3) is 0 Å². The van der Waals surface area contributed by atoms with Crippen molar-refractivity contribution >= 4 is 0 Å². The van der Waals surface area contributed by atoms with Gasteiger partial charge in [0.25, 0.3) is 0 Å². The van der Waals surface area contributed by atoms with E-state index in [1.165, 1.54) is 0 Å². The van der Waals surface area contributed by atoms with Crippen LogP contribution in [0.1, 0.15) is 24.4 Å². The van der Waals surface area contributed by atoms with E-state index in [9.17, 15) is 5.11 Å². The number of hydrogen-bond acceptors (Lipinski definition) is 3. The molecule has 96 valence electrons. The van der Waals surface area contributed by atoms with E-state index in [1.54, 1.807) is 12.3 Å². The molecule has 2 rings (SSSR count). The average Bonchev–Trinajstić information content (AvgIpc) is 2.78. The second-order valence-electron chi connectivity index (χ2n) is 4.45. The summed E-state index contributed by atoms with van der Waals surface area (Å²) in [6.45, 7) is 2.90. The molecule has 0 bridgehead atoms. The summed E-state index contributed by atoms with van der Waals surface area (Å²) in [5.41, 5.74) is 0.969. The van der Waals surface area contributed by atoms with E-state index in [4.69, 9.17) is 0 Å². The third kappa shape index (κ3) is 2.90. The lowest BCUT2D eigenvalue weighted by atomic mass is 10.1. The van der Waals surface area contributed by atoms with E-state index in [0.29, 0.717) is 5.75 Å². The van der Waals surface area contributed by atoms with Crippen LogP contribution in [0.5, 0.6) is 5.75 Å². The summed E-state index contributed by atoms with van der Waals surface area (Å²) in [5.74, 6) is 1.39. The van der Waals surface area contributed by atoms with Crippen molar-refractivity contribution in [1.82, 2.24) is 14.9 Å². The van der Waals surface area contributed by atoms with Gasteiger partial charge >= 0.3 is 0 Å². The van der Waals surface area contributed by atoms with Crippen molar-refractivity contribution in [3.8, 4) is 5.75 Å². The van der Waals surface area contributed by atoms with Gasteiger partial charge in [-0.25, -0.2) is 4.98 Å². The van der Waals surface area contributed by atoms with Crippen molar-refractivity contribution in [3.63, 3.8) is 0 Å². The molecular formula is C14H19N3O. The fraction of sp³-hybridized carbons (Fsp3) is 0.357. The number of aryl methyl sites for hydroxylation is 1. The molecule has 0 radical (unpaired) electrons. The number of rotatable bonds is 5. The van der Waals surface area contributed by atoms with Gasteiger partial charge in [0.05, 0.1) is 6.04 Å². The number of nitrogens with one attached hydrogen (secondary N) is 1. The predicted octanol–water partition coefficient (Wildman–Crippen LogP) is 2.02. The quantitative estimate of drug-likeness (QED) is 0.847. The minimum absolute atomic E-state index is 0.204. The van der Waals surface area contributed by atoms with Crippen LogP contribution in [0.3, 0.4) is 0 Å². The number of para-hydroxylation sites is 1. The largest absolute Gasteiger partial charge is 0.508 e. The second kappa shape index (κ2) is 5.69. The number of aromatic nitrogens is 2. The maximum atomic E-state index is 9.66. The minimum Gasteiger partial charge on any atom is -0.508 e. The van der Waals surface area contributed by atoms with Crippen molar-refractivity contribution in [2.75, 3.05) is 6.54 Å². The standard InChI is InChI=1S/C14H19N3O/c1-11(14-16-9-10-17(14)2)15-8-7-12-5-3-4-6-13(12)18/h3-6,9-11,15,18H,7-8H2,1-2H3/t11-/m1/s1. The second-order valence-corrected chi connectivity index (χ2v) is 4.45. The Morgan fingerprint density at radius 3 is 2.83 bits per heavy atom. The molecule has 0 saturated heterocycles. The summed E-state index contributed by atoms with van der Waals surface area (Å²) < 4.78 is 2.01. The molecule has 0 aliphatic heterocycles. The molecule has 1 aromatic carbocycles. The SMILES string of the molecule is C[C@@H](NCCc1ccccc1O)c1nccn1C. The molecule has 1 atom stereocenters. The third-order valence-electron chi connectivity index (χ3n) is 3.08. The van der Waals surface area contributed by atoms with Crippen molar-refractivity contribution in [1.29, 1.82) is 0 Å². The Labute approximate surface area is 107 Å². The van der Waals surface area contributed by atoms with E-state index >= 15 is 0 Å². The fourth-order valence-corrected chi connectivity index (χ4v) is 2.03. The summed E-state index contributed by atoms with van der Waals surface area (Å²) in [6, 6.07) is 7.65. The molecule has 0 amide bonds. The van der Waals surface area contributed by atoms with E-state index in [2.05, 4.69) is 17.2 Å². The molecule has 0 aliphatic rings. The fourth-order valence-electron chi connectivity index (χ4n) is 2.03. The van der Waals surface area contributed by atoms with Crippen molar-refractivity contribution < 1.29 is 5.11 Å². The van der Waals surface area contributed by atoms with Gasteiger partial charge < -0.3 is 15.0 Å². The molecule has 4 nitrogen and oxygen atoms in total. The van der Waals surface area contributed by atoms with Crippen LogP contribution in [0.15, 0.2) is 36.7 Å². The highest BCUT2D eigenvalue weighted by Crippen LogP contribution is 2.16. The number of hydrogen-bond donors (Lipinski definition) is 2. The zero-order valence-corrected chi connectivity index (χ0v) is 10.8. The maximum absolute atomic E-state index is 9.66. The van der Waals surface area contributed by atoms with E-state index in [0.717, 1.165) is 24.4 Å². The van der Waals surface area contributed by atoms with Crippen molar-refractivity contribution in [3.05, 3.63) is 48.0 Å². The molecule has 2 aromatic rings. The van der Waals surface area contributed by atoms with Crippen molar-refractivity contribution in [2.24, 2.45) is 7.05 Å². The van der Waals surface area contributed by atoms with Crippen LogP contribution in [-0.2, 0) is 13.5 Å². The normalized spacial score (nSPS) is 12.6. The van der Waals surface area contributed by atoms with Crippen LogP contribution in [0, 0.1) is 0 Å². The predicted molar refractivity (Wildman–Crippen MR) is 71.4 cm³/mol. The smallest absolute Gasteiger partial charge is 0.125 e. The van der Waals surface area contributed by atoms with Gasteiger partial charge in [-0.05, 0) is 31.5 Å². The Morgan fingerprint density at radius 1 is 1.39 bits per heavy atom. The highest BCUT2D eigenvalue weighted by atomic mass is 16.3. The summed E-state index contributed by atoms with van der Waals surface area (Å²) in [6.07, 6.45) is 4.55. The van der Waals surface area contributed by atoms with Gasteiger partial charge in [0.15, 0.2) is 0 Å². The summed E-state index contributed by atoms with van der Waals surface area (Å²) in [7, 11) is 1.99.